The molecule has 0 aliphatic rings. The average Bonchev–Trinajstić information content (AvgIpc) is 2.29. The number of rotatable bonds is 6. The molecule has 0 radical (unpaired) electrons. The van der Waals surface area contributed by atoms with Gasteiger partial charge in [-0.3, -0.25) is 4.79 Å². The Kier molecular flexibility index (Phi) is 5.49. The molecule has 1 aromatic carbocycles. The van der Waals surface area contributed by atoms with Crippen LogP contribution in [0, 0.1) is 0 Å². The number of carbonyl (C=O) groups excluding carboxylic acids is 1. The molecule has 0 fully saturated rings. The lowest BCUT2D eigenvalue weighted by molar-refractivity contribution is -0.121. The number of phenolic OH excluding ortho intramolecular Hbond substituents is 1. The van der Waals surface area contributed by atoms with E-state index in [1.165, 1.54) is 0 Å². The summed E-state index contributed by atoms with van der Waals surface area (Å²) in [6.45, 7) is 2.04. The summed E-state index contributed by atoms with van der Waals surface area (Å²) < 4.78 is 0. The van der Waals surface area contributed by atoms with Gasteiger partial charge in [-0.1, -0.05) is 18.2 Å². The van der Waals surface area contributed by atoms with E-state index in [2.05, 4.69) is 5.32 Å². The highest BCUT2D eigenvalue weighted by Crippen LogP contribution is 2.15. The number of hydrogen-bond acceptors (Lipinski definition) is 3. The second-order valence-electron chi connectivity index (χ2n) is 4.14. The highest BCUT2D eigenvalue weighted by atomic mass is 16.3. The number of para-hydroxylation sites is 1. The molecule has 0 aliphatic carbocycles. The molecule has 0 heterocycles. The largest absolute Gasteiger partial charge is 0.508 e. The molecule has 3 N–H and O–H groups in total. The number of hydrogen-bond donors (Lipinski definition) is 3. The van der Waals surface area contributed by atoms with E-state index in [0.717, 1.165) is 6.42 Å². The SMILES string of the molecule is CC(CCCO)NC(=O)Cc1ccccc1O. The van der Waals surface area contributed by atoms with Crippen LogP contribution >= 0.6 is 0 Å². The predicted molar refractivity (Wildman–Crippen MR) is 65.7 cm³/mol. The normalized spacial score (nSPS) is 12.1. The first-order valence-corrected chi connectivity index (χ1v) is 5.80. The zero-order chi connectivity index (χ0) is 12.7. The lowest BCUT2D eigenvalue weighted by Gasteiger charge is -2.13. The Balaban J connectivity index is 2.42. The standard InChI is InChI=1S/C13H19NO3/c1-10(5-4-8-15)14-13(17)9-11-6-2-3-7-12(11)16/h2-3,6-7,10,15-16H,4-5,8-9H2,1H3,(H,14,17). The van der Waals surface area contributed by atoms with Gasteiger partial charge >= 0.3 is 0 Å². The molecule has 0 saturated carbocycles. The van der Waals surface area contributed by atoms with Gasteiger partial charge in [-0.05, 0) is 25.8 Å². The fraction of sp³-hybridized carbons (Fsp3) is 0.462. The summed E-state index contributed by atoms with van der Waals surface area (Å²) in [6, 6.07) is 6.85. The van der Waals surface area contributed by atoms with E-state index in [1.807, 2.05) is 6.92 Å². The van der Waals surface area contributed by atoms with Crippen molar-refractivity contribution in [2.75, 3.05) is 6.61 Å². The summed E-state index contributed by atoms with van der Waals surface area (Å²) >= 11 is 0. The van der Waals surface area contributed by atoms with E-state index >= 15 is 0 Å². The topological polar surface area (TPSA) is 69.6 Å². The Morgan fingerprint density at radius 2 is 2.12 bits per heavy atom. The Morgan fingerprint density at radius 3 is 2.76 bits per heavy atom. The van der Waals surface area contributed by atoms with E-state index in [-0.39, 0.29) is 30.7 Å². The maximum atomic E-state index is 11.7. The first kappa shape index (κ1) is 13.5. The molecule has 4 heteroatoms. The van der Waals surface area contributed by atoms with Crippen LogP contribution in [0.15, 0.2) is 24.3 Å². The van der Waals surface area contributed by atoms with Crippen molar-refractivity contribution >= 4 is 5.91 Å². The average molecular weight is 237 g/mol. The maximum absolute atomic E-state index is 11.7. The number of phenols is 1. The molecule has 0 aliphatic heterocycles. The van der Waals surface area contributed by atoms with E-state index in [9.17, 15) is 9.90 Å². The molecule has 4 nitrogen and oxygen atoms in total. The smallest absolute Gasteiger partial charge is 0.224 e. The zero-order valence-electron chi connectivity index (χ0n) is 10.0. The fourth-order valence-electron chi connectivity index (χ4n) is 1.63. The zero-order valence-corrected chi connectivity index (χ0v) is 10.0. The summed E-state index contributed by atoms with van der Waals surface area (Å²) in [4.78, 5) is 11.7. The summed E-state index contributed by atoms with van der Waals surface area (Å²) in [7, 11) is 0. The lowest BCUT2D eigenvalue weighted by atomic mass is 10.1. The van der Waals surface area contributed by atoms with Crippen LogP contribution < -0.4 is 5.32 Å². The first-order valence-electron chi connectivity index (χ1n) is 5.80. The minimum Gasteiger partial charge on any atom is -0.508 e. The van der Waals surface area contributed by atoms with Crippen LogP contribution in [0.25, 0.3) is 0 Å². The van der Waals surface area contributed by atoms with Crippen LogP contribution in [-0.4, -0.2) is 28.8 Å². The van der Waals surface area contributed by atoms with Crippen LogP contribution in [0.3, 0.4) is 0 Å². The molecular formula is C13H19NO3. The van der Waals surface area contributed by atoms with E-state index in [1.54, 1.807) is 24.3 Å². The maximum Gasteiger partial charge on any atom is 0.224 e. The highest BCUT2D eigenvalue weighted by molar-refractivity contribution is 5.79. The number of nitrogens with one attached hydrogen (secondary N) is 1. The Morgan fingerprint density at radius 1 is 1.41 bits per heavy atom. The van der Waals surface area contributed by atoms with Crippen molar-refractivity contribution in [2.45, 2.75) is 32.2 Å². The Labute approximate surface area is 101 Å². The molecule has 1 aromatic rings. The third kappa shape index (κ3) is 4.87. The van der Waals surface area contributed by atoms with Gasteiger partial charge in [0.1, 0.15) is 5.75 Å². The Hall–Kier alpha value is -1.55. The summed E-state index contributed by atoms with van der Waals surface area (Å²) in [5.74, 6) is 0.0302. The molecule has 1 unspecified atom stereocenters. The predicted octanol–water partition coefficient (Wildman–Crippen LogP) is 1.21. The van der Waals surface area contributed by atoms with Gasteiger partial charge in [-0.2, -0.15) is 0 Å². The van der Waals surface area contributed by atoms with Crippen LogP contribution in [0.2, 0.25) is 0 Å². The quantitative estimate of drug-likeness (QED) is 0.696. The van der Waals surface area contributed by atoms with Gasteiger partial charge < -0.3 is 15.5 Å². The molecule has 1 amide bonds. The van der Waals surface area contributed by atoms with Crippen LogP contribution in [-0.2, 0) is 11.2 Å². The van der Waals surface area contributed by atoms with Gasteiger partial charge in [0.2, 0.25) is 5.91 Å². The van der Waals surface area contributed by atoms with E-state index in [0.29, 0.717) is 12.0 Å². The molecule has 0 spiro atoms. The van der Waals surface area contributed by atoms with Crippen molar-refractivity contribution in [3.8, 4) is 5.75 Å². The minimum absolute atomic E-state index is 0.0421. The van der Waals surface area contributed by atoms with Gasteiger partial charge in [0.15, 0.2) is 0 Å². The van der Waals surface area contributed by atoms with Crippen molar-refractivity contribution in [3.05, 3.63) is 29.8 Å². The monoisotopic (exact) mass is 237 g/mol. The highest BCUT2D eigenvalue weighted by Gasteiger charge is 2.09. The van der Waals surface area contributed by atoms with Gasteiger partial charge in [-0.15, -0.1) is 0 Å². The third-order valence-corrected chi connectivity index (χ3v) is 2.55. The third-order valence-electron chi connectivity index (χ3n) is 2.55. The number of aromatic hydroxyl groups is 1. The van der Waals surface area contributed by atoms with Crippen molar-refractivity contribution in [1.82, 2.24) is 5.32 Å². The first-order chi connectivity index (χ1) is 8.13. The van der Waals surface area contributed by atoms with Crippen molar-refractivity contribution in [3.63, 3.8) is 0 Å². The molecule has 0 bridgehead atoms. The Bertz CT molecular complexity index is 365. The number of amides is 1. The van der Waals surface area contributed by atoms with E-state index < -0.39 is 0 Å². The lowest BCUT2D eigenvalue weighted by Crippen LogP contribution is -2.33. The van der Waals surface area contributed by atoms with Crippen LogP contribution in [0.1, 0.15) is 25.3 Å². The molecule has 94 valence electrons. The molecular weight excluding hydrogens is 218 g/mol. The summed E-state index contributed by atoms with van der Waals surface area (Å²) in [6.07, 6.45) is 1.61. The second-order valence-corrected chi connectivity index (χ2v) is 4.14. The molecule has 0 saturated heterocycles. The van der Waals surface area contributed by atoms with Crippen LogP contribution in [0.5, 0.6) is 5.75 Å². The molecule has 17 heavy (non-hydrogen) atoms. The molecule has 0 aromatic heterocycles. The fourth-order valence-corrected chi connectivity index (χ4v) is 1.63. The second kappa shape index (κ2) is 6.91. The molecule has 1 rings (SSSR count). The molecule has 1 atom stereocenters. The number of benzene rings is 1. The number of aliphatic hydroxyl groups is 1. The minimum atomic E-state index is -0.114. The van der Waals surface area contributed by atoms with Gasteiger partial charge in [-0.25, -0.2) is 0 Å². The van der Waals surface area contributed by atoms with Crippen molar-refractivity contribution in [1.29, 1.82) is 0 Å². The number of aliphatic hydroxyl groups excluding tert-OH is 1. The number of carbonyl (C=O) groups is 1. The van der Waals surface area contributed by atoms with Gasteiger partial charge in [0.05, 0.1) is 6.42 Å². The van der Waals surface area contributed by atoms with Crippen LogP contribution in [0.4, 0.5) is 0 Å². The summed E-state index contributed by atoms with van der Waals surface area (Å²) in [5, 5.41) is 21.0. The summed E-state index contributed by atoms with van der Waals surface area (Å²) in [5.41, 5.74) is 0.624. The van der Waals surface area contributed by atoms with Crippen molar-refractivity contribution in [2.24, 2.45) is 0 Å². The van der Waals surface area contributed by atoms with Crippen molar-refractivity contribution < 1.29 is 15.0 Å². The van der Waals surface area contributed by atoms with Gasteiger partial charge in [0, 0.05) is 18.2 Å². The van der Waals surface area contributed by atoms with E-state index in [4.69, 9.17) is 5.11 Å². The van der Waals surface area contributed by atoms with Gasteiger partial charge in [0.25, 0.3) is 0 Å².